The number of benzene rings is 2. The second-order valence-electron chi connectivity index (χ2n) is 11.8. The number of nitrogens with one attached hydrogen (secondary N) is 3. The maximum absolute atomic E-state index is 13.8. The highest BCUT2D eigenvalue weighted by Gasteiger charge is 2.39. The highest BCUT2D eigenvalue weighted by atomic mass is 16.6. The summed E-state index contributed by atoms with van der Waals surface area (Å²) in [6, 6.07) is 15.5. The van der Waals surface area contributed by atoms with E-state index in [0.29, 0.717) is 25.8 Å². The Morgan fingerprint density at radius 3 is 2.16 bits per heavy atom. The molecule has 3 atom stereocenters. The summed E-state index contributed by atoms with van der Waals surface area (Å²) < 4.78 is 15.5. The maximum Gasteiger partial charge on any atom is 0.408 e. The Balaban J connectivity index is 1.70. The van der Waals surface area contributed by atoms with Crippen molar-refractivity contribution in [2.45, 2.75) is 83.2 Å². The number of nitrogens with zero attached hydrogens (tertiary/aromatic N) is 1. The molecule has 12 heteroatoms. The second-order valence-corrected chi connectivity index (χ2v) is 11.8. The minimum atomic E-state index is -1.06. The van der Waals surface area contributed by atoms with Crippen molar-refractivity contribution in [3.05, 3.63) is 71.8 Å². The molecule has 3 N–H and O–H groups in total. The van der Waals surface area contributed by atoms with E-state index in [1.165, 1.54) is 12.0 Å². The van der Waals surface area contributed by atoms with E-state index in [4.69, 9.17) is 14.2 Å². The van der Waals surface area contributed by atoms with E-state index >= 15 is 0 Å². The molecule has 1 fully saturated rings. The molecule has 0 radical (unpaired) electrons. The van der Waals surface area contributed by atoms with Gasteiger partial charge in [-0.3, -0.25) is 9.59 Å². The molecule has 2 aromatic carbocycles. The molecule has 0 aliphatic carbocycles. The lowest BCUT2D eigenvalue weighted by Gasteiger charge is -2.29. The molecule has 12 nitrogen and oxygen atoms in total. The number of hydrogen-bond donors (Lipinski definition) is 3. The summed E-state index contributed by atoms with van der Waals surface area (Å²) in [7, 11) is 1.27. The molecule has 1 aliphatic heterocycles. The minimum absolute atomic E-state index is 0.112. The zero-order chi connectivity index (χ0) is 32.8. The fraction of sp³-hybridized carbons (Fsp3) is 0.485. The van der Waals surface area contributed by atoms with Gasteiger partial charge in [0.25, 0.3) is 0 Å². The lowest BCUT2D eigenvalue weighted by molar-refractivity contribution is -0.152. The number of hydrogen-bond acceptors (Lipinski definition) is 8. The summed E-state index contributed by atoms with van der Waals surface area (Å²) in [6.45, 7) is 5.77. The van der Waals surface area contributed by atoms with Crippen LogP contribution < -0.4 is 16.0 Å². The molecule has 1 saturated heterocycles. The first kappa shape index (κ1) is 34.9. The molecule has 45 heavy (non-hydrogen) atoms. The largest absolute Gasteiger partial charge is 0.467 e. The summed E-state index contributed by atoms with van der Waals surface area (Å²) in [6.07, 6.45) is 0.291. The zero-order valence-electron chi connectivity index (χ0n) is 26.4. The van der Waals surface area contributed by atoms with Gasteiger partial charge in [-0.05, 0) is 57.6 Å². The van der Waals surface area contributed by atoms with Gasteiger partial charge in [0, 0.05) is 19.5 Å². The van der Waals surface area contributed by atoms with Gasteiger partial charge < -0.3 is 35.1 Å². The molecule has 4 amide bonds. The predicted octanol–water partition coefficient (Wildman–Crippen LogP) is 3.48. The van der Waals surface area contributed by atoms with Crippen LogP contribution in [-0.4, -0.2) is 78.8 Å². The summed E-state index contributed by atoms with van der Waals surface area (Å²) in [4.78, 5) is 66.1. The van der Waals surface area contributed by atoms with Gasteiger partial charge >= 0.3 is 18.2 Å². The number of carbonyl (C=O) groups excluding carboxylic acids is 5. The molecule has 0 unspecified atom stereocenters. The normalized spacial score (nSPS) is 15.7. The molecule has 2 aromatic rings. The number of methoxy groups -OCH3 is 1. The van der Waals surface area contributed by atoms with E-state index in [9.17, 15) is 24.0 Å². The smallest absolute Gasteiger partial charge is 0.408 e. The van der Waals surface area contributed by atoms with E-state index < -0.39 is 53.7 Å². The lowest BCUT2D eigenvalue weighted by atomic mass is 10.0. The molecular weight excluding hydrogens is 580 g/mol. The van der Waals surface area contributed by atoms with Crippen molar-refractivity contribution in [2.75, 3.05) is 20.2 Å². The summed E-state index contributed by atoms with van der Waals surface area (Å²) in [5, 5.41) is 8.10. The van der Waals surface area contributed by atoms with E-state index in [2.05, 4.69) is 16.0 Å². The molecule has 0 bridgehead atoms. The Labute approximate surface area is 264 Å². The highest BCUT2D eigenvalue weighted by Crippen LogP contribution is 2.21. The first-order valence-corrected chi connectivity index (χ1v) is 15.1. The molecule has 1 heterocycles. The van der Waals surface area contributed by atoms with Gasteiger partial charge in [0.15, 0.2) is 0 Å². The van der Waals surface area contributed by atoms with Gasteiger partial charge in [0.2, 0.25) is 11.8 Å². The molecule has 0 spiro atoms. The predicted molar refractivity (Wildman–Crippen MR) is 166 cm³/mol. The number of ether oxygens (including phenoxy) is 3. The number of amides is 4. The number of esters is 1. The Bertz CT molecular complexity index is 1280. The maximum atomic E-state index is 13.8. The SMILES string of the molecule is COC(=O)[C@@H]1CCCN1C(=O)[C@H](CCCNC(=O)OCc1ccccc1)NC(=O)[C@H](Cc1ccccc1)NC(=O)OC(C)(C)C. The van der Waals surface area contributed by atoms with E-state index in [1.807, 2.05) is 60.7 Å². The van der Waals surface area contributed by atoms with Crippen molar-refractivity contribution in [3.63, 3.8) is 0 Å². The zero-order valence-corrected chi connectivity index (χ0v) is 26.4. The van der Waals surface area contributed by atoms with Gasteiger partial charge in [0.1, 0.15) is 30.3 Å². The van der Waals surface area contributed by atoms with Crippen molar-refractivity contribution in [1.82, 2.24) is 20.9 Å². The molecule has 0 saturated carbocycles. The van der Waals surface area contributed by atoms with E-state index in [-0.39, 0.29) is 26.0 Å². The van der Waals surface area contributed by atoms with Gasteiger partial charge in [-0.1, -0.05) is 60.7 Å². The van der Waals surface area contributed by atoms with Crippen LogP contribution in [0.1, 0.15) is 57.6 Å². The van der Waals surface area contributed by atoms with Crippen LogP contribution >= 0.6 is 0 Å². The van der Waals surface area contributed by atoms with Gasteiger partial charge in [-0.2, -0.15) is 0 Å². The first-order valence-electron chi connectivity index (χ1n) is 15.1. The minimum Gasteiger partial charge on any atom is -0.467 e. The lowest BCUT2D eigenvalue weighted by Crippen LogP contribution is -2.56. The van der Waals surface area contributed by atoms with Crippen LogP contribution in [0.15, 0.2) is 60.7 Å². The molecule has 1 aliphatic rings. The molecule has 3 rings (SSSR count). The fourth-order valence-electron chi connectivity index (χ4n) is 4.92. The van der Waals surface area contributed by atoms with E-state index in [0.717, 1.165) is 11.1 Å². The quantitative estimate of drug-likeness (QED) is 0.174. The van der Waals surface area contributed by atoms with Gasteiger partial charge in [-0.15, -0.1) is 0 Å². The van der Waals surface area contributed by atoms with Gasteiger partial charge in [0.05, 0.1) is 7.11 Å². The summed E-state index contributed by atoms with van der Waals surface area (Å²) in [5.74, 6) is -1.56. The summed E-state index contributed by atoms with van der Waals surface area (Å²) in [5.41, 5.74) is 0.849. The Morgan fingerprint density at radius 2 is 1.53 bits per heavy atom. The van der Waals surface area contributed by atoms with Gasteiger partial charge in [-0.25, -0.2) is 14.4 Å². The average Bonchev–Trinajstić information content (AvgIpc) is 3.50. The number of likely N-dealkylation sites (tertiary alicyclic amines) is 1. The Hall–Kier alpha value is -4.61. The summed E-state index contributed by atoms with van der Waals surface area (Å²) >= 11 is 0. The third-order valence-corrected chi connectivity index (χ3v) is 7.07. The van der Waals surface area contributed by atoms with Crippen molar-refractivity contribution in [2.24, 2.45) is 0 Å². The average molecular weight is 625 g/mol. The highest BCUT2D eigenvalue weighted by molar-refractivity contribution is 5.93. The third-order valence-electron chi connectivity index (χ3n) is 7.07. The monoisotopic (exact) mass is 624 g/mol. The van der Waals surface area contributed by atoms with Crippen molar-refractivity contribution < 1.29 is 38.2 Å². The van der Waals surface area contributed by atoms with Crippen LogP contribution in [0, 0.1) is 0 Å². The van der Waals surface area contributed by atoms with Crippen molar-refractivity contribution >= 4 is 30.0 Å². The Morgan fingerprint density at radius 1 is 0.889 bits per heavy atom. The number of carbonyl (C=O) groups is 5. The van der Waals surface area contributed by atoms with Crippen molar-refractivity contribution in [3.8, 4) is 0 Å². The second kappa shape index (κ2) is 17.0. The molecular formula is C33H44N4O8. The fourth-order valence-corrected chi connectivity index (χ4v) is 4.92. The third kappa shape index (κ3) is 11.8. The van der Waals surface area contributed by atoms with Crippen molar-refractivity contribution in [1.29, 1.82) is 0 Å². The van der Waals surface area contributed by atoms with Crippen LogP contribution in [-0.2, 0) is 41.6 Å². The van der Waals surface area contributed by atoms with Crippen LogP contribution in [0.25, 0.3) is 0 Å². The van der Waals surface area contributed by atoms with Crippen LogP contribution in [0.2, 0.25) is 0 Å². The first-order chi connectivity index (χ1) is 21.5. The molecule has 244 valence electrons. The Kier molecular flexibility index (Phi) is 13.2. The standard InChI is InChI=1S/C33H44N4O8/c1-33(2,3)45-32(42)36-26(21-23-13-7-5-8-14-23)28(38)35-25(29(39)37-20-12-18-27(37)30(40)43-4)17-11-19-34-31(41)44-22-24-15-9-6-10-16-24/h5-10,13-16,25-27H,11-12,17-22H2,1-4H3,(H,34,41)(H,35,38)(H,36,42)/t25-,26-,27-/m0/s1. The topological polar surface area (TPSA) is 152 Å². The van der Waals surface area contributed by atoms with Crippen LogP contribution in [0.5, 0.6) is 0 Å². The van der Waals surface area contributed by atoms with Crippen LogP contribution in [0.4, 0.5) is 9.59 Å². The molecule has 0 aromatic heterocycles. The number of rotatable bonds is 13. The van der Waals surface area contributed by atoms with E-state index in [1.54, 1.807) is 20.8 Å². The number of alkyl carbamates (subject to hydrolysis) is 2. The van der Waals surface area contributed by atoms with Crippen LogP contribution in [0.3, 0.4) is 0 Å².